The summed E-state index contributed by atoms with van der Waals surface area (Å²) in [7, 11) is 1.61. The molecule has 36 heavy (non-hydrogen) atoms. The molecular weight excluding hydrogens is 480 g/mol. The number of nitrogens with one attached hydrogen (secondary N) is 1. The molecule has 1 aromatic heterocycles. The van der Waals surface area contributed by atoms with Crippen molar-refractivity contribution >= 4 is 29.6 Å². The van der Waals surface area contributed by atoms with Crippen LogP contribution in [0.25, 0.3) is 17.1 Å². The van der Waals surface area contributed by atoms with Gasteiger partial charge in [0.15, 0.2) is 11.0 Å². The number of amides is 1. The van der Waals surface area contributed by atoms with Gasteiger partial charge in [0.2, 0.25) is 0 Å². The number of carbonyl (C=O) groups is 1. The number of aryl methyl sites for hydroxylation is 1. The zero-order valence-corrected chi connectivity index (χ0v) is 20.3. The topological polar surface area (TPSA) is 125 Å². The highest BCUT2D eigenvalue weighted by molar-refractivity contribution is 7.99. The fourth-order valence-electron chi connectivity index (χ4n) is 3.24. The van der Waals surface area contributed by atoms with E-state index in [1.165, 1.54) is 30.1 Å². The third-order valence-corrected chi connectivity index (χ3v) is 6.04. The van der Waals surface area contributed by atoms with Gasteiger partial charge in [-0.25, -0.2) is 5.43 Å². The number of non-ortho nitro benzene ring substituents is 1. The normalized spacial score (nSPS) is 10.9. The Kier molecular flexibility index (Phi) is 7.71. The molecule has 11 heteroatoms. The molecule has 4 rings (SSSR count). The maximum absolute atomic E-state index is 12.4. The van der Waals surface area contributed by atoms with Gasteiger partial charge in [0.1, 0.15) is 5.75 Å². The largest absolute Gasteiger partial charge is 0.497 e. The third kappa shape index (κ3) is 5.94. The average Bonchev–Trinajstić information content (AvgIpc) is 3.32. The molecular formula is C25H22N6O4S. The minimum Gasteiger partial charge on any atom is -0.497 e. The molecule has 0 radical (unpaired) electrons. The van der Waals surface area contributed by atoms with Crippen molar-refractivity contribution in [3.8, 4) is 22.8 Å². The Hall–Kier alpha value is -4.51. The van der Waals surface area contributed by atoms with Crippen LogP contribution in [0.5, 0.6) is 5.75 Å². The summed E-state index contributed by atoms with van der Waals surface area (Å²) in [5.74, 6) is 1.10. The first-order chi connectivity index (χ1) is 17.4. The van der Waals surface area contributed by atoms with Gasteiger partial charge in [-0.1, -0.05) is 41.6 Å². The zero-order chi connectivity index (χ0) is 25.5. The summed E-state index contributed by atoms with van der Waals surface area (Å²) >= 11 is 1.23. The van der Waals surface area contributed by atoms with Crippen LogP contribution in [0, 0.1) is 17.0 Å². The van der Waals surface area contributed by atoms with Crippen LogP contribution in [-0.4, -0.2) is 44.7 Å². The summed E-state index contributed by atoms with van der Waals surface area (Å²) in [6.45, 7) is 2.02. The standard InChI is InChI=1S/C25H22N6O4S/c1-17-3-7-19(8-4-17)24-28-29-25(30(24)20-11-13-22(35-2)14-12-20)36-16-23(32)27-26-15-18-5-9-21(10-6-18)31(33)34/h3-15H,16H2,1-2H3,(H,27,32). The molecule has 0 saturated heterocycles. The van der Waals surface area contributed by atoms with Crippen molar-refractivity contribution in [3.05, 3.63) is 94.0 Å². The molecule has 0 bridgehead atoms. The van der Waals surface area contributed by atoms with Gasteiger partial charge in [0.05, 0.1) is 24.0 Å². The van der Waals surface area contributed by atoms with E-state index >= 15 is 0 Å². The number of benzene rings is 3. The van der Waals surface area contributed by atoms with E-state index < -0.39 is 4.92 Å². The molecule has 0 aliphatic heterocycles. The Morgan fingerprint density at radius 1 is 1.08 bits per heavy atom. The Balaban J connectivity index is 1.48. The minimum atomic E-state index is -0.477. The minimum absolute atomic E-state index is 0.0152. The van der Waals surface area contributed by atoms with E-state index in [9.17, 15) is 14.9 Å². The number of rotatable bonds is 9. The van der Waals surface area contributed by atoms with E-state index in [1.54, 1.807) is 19.2 Å². The van der Waals surface area contributed by atoms with Crippen LogP contribution in [0.1, 0.15) is 11.1 Å². The van der Waals surface area contributed by atoms with Gasteiger partial charge in [-0.05, 0) is 48.9 Å². The van der Waals surface area contributed by atoms with Crippen LogP contribution in [0.3, 0.4) is 0 Å². The second-order valence-corrected chi connectivity index (χ2v) is 8.58. The number of nitrogens with zero attached hydrogens (tertiary/aromatic N) is 5. The van der Waals surface area contributed by atoms with E-state index in [2.05, 4.69) is 20.7 Å². The molecule has 0 aliphatic rings. The van der Waals surface area contributed by atoms with Crippen LogP contribution in [-0.2, 0) is 4.79 Å². The molecule has 3 aromatic carbocycles. The van der Waals surface area contributed by atoms with Crippen molar-refractivity contribution in [2.45, 2.75) is 12.1 Å². The molecule has 0 atom stereocenters. The van der Waals surface area contributed by atoms with Gasteiger partial charge in [-0.3, -0.25) is 19.5 Å². The molecule has 182 valence electrons. The number of thioether (sulfide) groups is 1. The number of ether oxygens (including phenoxy) is 1. The Morgan fingerprint density at radius 3 is 2.42 bits per heavy atom. The Bertz CT molecular complexity index is 1380. The smallest absolute Gasteiger partial charge is 0.269 e. The van der Waals surface area contributed by atoms with E-state index in [4.69, 9.17) is 4.74 Å². The maximum atomic E-state index is 12.4. The van der Waals surface area contributed by atoms with Crippen LogP contribution in [0.2, 0.25) is 0 Å². The number of nitro groups is 1. The van der Waals surface area contributed by atoms with Crippen LogP contribution in [0.4, 0.5) is 5.69 Å². The van der Waals surface area contributed by atoms with E-state index in [0.717, 1.165) is 22.6 Å². The number of hydrogen-bond donors (Lipinski definition) is 1. The Labute approximate surface area is 211 Å². The first-order valence-electron chi connectivity index (χ1n) is 10.8. The van der Waals surface area contributed by atoms with Crippen molar-refractivity contribution < 1.29 is 14.5 Å². The number of hydrazone groups is 1. The third-order valence-electron chi connectivity index (χ3n) is 5.11. The highest BCUT2D eigenvalue weighted by atomic mass is 32.2. The number of hydrogen-bond acceptors (Lipinski definition) is 8. The molecule has 0 saturated carbocycles. The maximum Gasteiger partial charge on any atom is 0.269 e. The number of nitro benzene ring substituents is 1. The molecule has 4 aromatic rings. The van der Waals surface area contributed by atoms with Crippen LogP contribution in [0.15, 0.2) is 83.1 Å². The van der Waals surface area contributed by atoms with Crippen molar-refractivity contribution in [1.29, 1.82) is 0 Å². The summed E-state index contributed by atoms with van der Waals surface area (Å²) in [5, 5.41) is 23.9. The first-order valence-corrected chi connectivity index (χ1v) is 11.8. The van der Waals surface area contributed by atoms with Crippen molar-refractivity contribution in [2.75, 3.05) is 12.9 Å². The van der Waals surface area contributed by atoms with Gasteiger partial charge in [0, 0.05) is 23.4 Å². The quantitative estimate of drug-likeness (QED) is 0.156. The zero-order valence-electron chi connectivity index (χ0n) is 19.5. The second kappa shape index (κ2) is 11.3. The summed E-state index contributed by atoms with van der Waals surface area (Å²) in [4.78, 5) is 22.6. The lowest BCUT2D eigenvalue weighted by molar-refractivity contribution is -0.384. The summed E-state index contributed by atoms with van der Waals surface area (Å²) in [6.07, 6.45) is 1.42. The van der Waals surface area contributed by atoms with Gasteiger partial charge in [0.25, 0.3) is 11.6 Å². The molecule has 1 heterocycles. The van der Waals surface area contributed by atoms with Crippen molar-refractivity contribution in [3.63, 3.8) is 0 Å². The molecule has 0 unspecified atom stereocenters. The predicted octanol–water partition coefficient (Wildman–Crippen LogP) is 4.40. The van der Waals surface area contributed by atoms with Crippen LogP contribution < -0.4 is 10.2 Å². The van der Waals surface area contributed by atoms with E-state index in [0.29, 0.717) is 16.5 Å². The number of methoxy groups -OCH3 is 1. The fourth-order valence-corrected chi connectivity index (χ4v) is 3.98. The molecule has 1 N–H and O–H groups in total. The first kappa shape index (κ1) is 24.6. The van der Waals surface area contributed by atoms with Gasteiger partial charge in [-0.2, -0.15) is 5.10 Å². The molecule has 0 spiro atoms. The summed E-state index contributed by atoms with van der Waals surface area (Å²) in [5.41, 5.74) is 5.92. The van der Waals surface area contributed by atoms with Gasteiger partial charge in [-0.15, -0.1) is 10.2 Å². The summed E-state index contributed by atoms with van der Waals surface area (Å²) in [6, 6.07) is 21.3. The highest BCUT2D eigenvalue weighted by Crippen LogP contribution is 2.29. The molecule has 0 aliphatic carbocycles. The lowest BCUT2D eigenvalue weighted by Crippen LogP contribution is -2.20. The molecule has 0 fully saturated rings. The SMILES string of the molecule is COc1ccc(-n2c(SCC(=O)NN=Cc3ccc([N+](=O)[O-])cc3)nnc2-c2ccc(C)cc2)cc1. The summed E-state index contributed by atoms with van der Waals surface area (Å²) < 4.78 is 7.16. The van der Waals surface area contributed by atoms with E-state index in [-0.39, 0.29) is 17.3 Å². The Morgan fingerprint density at radius 2 is 1.78 bits per heavy atom. The average molecular weight is 503 g/mol. The van der Waals surface area contributed by atoms with Crippen molar-refractivity contribution in [1.82, 2.24) is 20.2 Å². The molecule has 1 amide bonds. The van der Waals surface area contributed by atoms with Gasteiger partial charge < -0.3 is 4.74 Å². The highest BCUT2D eigenvalue weighted by Gasteiger charge is 2.17. The second-order valence-electron chi connectivity index (χ2n) is 7.64. The lowest BCUT2D eigenvalue weighted by Gasteiger charge is -2.11. The van der Waals surface area contributed by atoms with Gasteiger partial charge >= 0.3 is 0 Å². The predicted molar refractivity (Wildman–Crippen MR) is 138 cm³/mol. The fraction of sp³-hybridized carbons (Fsp3) is 0.120. The van der Waals surface area contributed by atoms with E-state index in [1.807, 2.05) is 60.0 Å². The number of carbonyl (C=O) groups excluding carboxylic acids is 1. The monoisotopic (exact) mass is 502 g/mol. The van der Waals surface area contributed by atoms with Crippen LogP contribution >= 0.6 is 11.8 Å². The lowest BCUT2D eigenvalue weighted by atomic mass is 10.1. The van der Waals surface area contributed by atoms with Crippen molar-refractivity contribution in [2.24, 2.45) is 5.10 Å². The number of aromatic nitrogens is 3. The molecule has 10 nitrogen and oxygen atoms in total.